The lowest BCUT2D eigenvalue weighted by molar-refractivity contribution is 0.0908. The van der Waals surface area contributed by atoms with Gasteiger partial charge < -0.3 is 14.8 Å². The van der Waals surface area contributed by atoms with Gasteiger partial charge in [0.15, 0.2) is 0 Å². The lowest BCUT2D eigenvalue weighted by Crippen LogP contribution is -2.44. The number of carbonyl (C=O) groups excluding carboxylic acids is 1. The van der Waals surface area contributed by atoms with Crippen LogP contribution >= 0.6 is 0 Å². The number of aryl methyl sites for hydroxylation is 1. The molecule has 3 aromatic rings. The summed E-state index contributed by atoms with van der Waals surface area (Å²) >= 11 is 0. The van der Waals surface area contributed by atoms with Crippen molar-refractivity contribution >= 4 is 16.8 Å². The molecule has 6 nitrogen and oxygen atoms in total. The summed E-state index contributed by atoms with van der Waals surface area (Å²) in [6, 6.07) is 16.0. The predicted octanol–water partition coefficient (Wildman–Crippen LogP) is 3.95. The van der Waals surface area contributed by atoms with E-state index >= 15 is 0 Å². The zero-order valence-electron chi connectivity index (χ0n) is 18.4. The number of amides is 1. The van der Waals surface area contributed by atoms with Gasteiger partial charge in [-0.05, 0) is 55.7 Å². The molecule has 0 bridgehead atoms. The van der Waals surface area contributed by atoms with Crippen molar-refractivity contribution < 1.29 is 14.3 Å². The van der Waals surface area contributed by atoms with E-state index in [-0.39, 0.29) is 11.9 Å². The molecule has 31 heavy (non-hydrogen) atoms. The highest BCUT2D eigenvalue weighted by Gasteiger charge is 2.22. The van der Waals surface area contributed by atoms with Crippen LogP contribution in [0.3, 0.4) is 0 Å². The van der Waals surface area contributed by atoms with Crippen LogP contribution in [-0.2, 0) is 6.54 Å². The molecule has 2 heterocycles. The van der Waals surface area contributed by atoms with E-state index in [2.05, 4.69) is 27.3 Å². The highest BCUT2D eigenvalue weighted by molar-refractivity contribution is 5.98. The first-order valence-corrected chi connectivity index (χ1v) is 10.7. The molecule has 6 heteroatoms. The van der Waals surface area contributed by atoms with E-state index in [1.54, 1.807) is 14.2 Å². The number of aromatic nitrogens is 1. The second-order valence-electron chi connectivity index (χ2n) is 8.06. The van der Waals surface area contributed by atoms with E-state index in [0.29, 0.717) is 5.56 Å². The van der Waals surface area contributed by atoms with Gasteiger partial charge in [0, 0.05) is 37.1 Å². The largest absolute Gasteiger partial charge is 0.497 e. The summed E-state index contributed by atoms with van der Waals surface area (Å²) in [7, 11) is 3.33. The molecule has 1 fully saturated rings. The quantitative estimate of drug-likeness (QED) is 0.655. The number of carbonyl (C=O) groups is 1. The third-order valence-corrected chi connectivity index (χ3v) is 5.92. The van der Waals surface area contributed by atoms with Crippen LogP contribution in [0.2, 0.25) is 0 Å². The third kappa shape index (κ3) is 4.97. The van der Waals surface area contributed by atoms with Crippen LogP contribution in [0.1, 0.15) is 34.5 Å². The number of likely N-dealkylation sites (tertiary alicyclic amines) is 1. The topological polar surface area (TPSA) is 63.7 Å². The Morgan fingerprint density at radius 2 is 1.81 bits per heavy atom. The SMILES string of the molecule is COc1cccc(CN2CCC(NC(=O)c3cc4ccc(OC)cc4nc3C)CC2)c1. The number of pyridine rings is 1. The van der Waals surface area contributed by atoms with Crippen molar-refractivity contribution in [2.75, 3.05) is 27.3 Å². The number of nitrogens with one attached hydrogen (secondary N) is 1. The fraction of sp³-hybridized carbons (Fsp3) is 0.360. The average Bonchev–Trinajstić information content (AvgIpc) is 2.79. The van der Waals surface area contributed by atoms with Crippen LogP contribution in [0.15, 0.2) is 48.5 Å². The molecule has 2 aromatic carbocycles. The van der Waals surface area contributed by atoms with E-state index in [1.807, 2.05) is 43.3 Å². The van der Waals surface area contributed by atoms with Crippen molar-refractivity contribution in [1.82, 2.24) is 15.2 Å². The third-order valence-electron chi connectivity index (χ3n) is 5.92. The van der Waals surface area contributed by atoms with Gasteiger partial charge in [-0.15, -0.1) is 0 Å². The summed E-state index contributed by atoms with van der Waals surface area (Å²) in [4.78, 5) is 20.0. The molecule has 1 saturated heterocycles. The molecular weight excluding hydrogens is 390 g/mol. The number of fused-ring (bicyclic) bond motifs is 1. The van der Waals surface area contributed by atoms with E-state index in [0.717, 1.165) is 60.6 Å². The zero-order chi connectivity index (χ0) is 21.8. The molecule has 1 N–H and O–H groups in total. The molecular formula is C25H29N3O3. The Hall–Kier alpha value is -3.12. The van der Waals surface area contributed by atoms with Crippen molar-refractivity contribution in [2.24, 2.45) is 0 Å². The van der Waals surface area contributed by atoms with E-state index < -0.39 is 0 Å². The monoisotopic (exact) mass is 419 g/mol. The Labute approximate surface area is 183 Å². The summed E-state index contributed by atoms with van der Waals surface area (Å²) in [6.45, 7) is 4.69. The second kappa shape index (κ2) is 9.35. The minimum Gasteiger partial charge on any atom is -0.497 e. The Morgan fingerprint density at radius 3 is 2.55 bits per heavy atom. The van der Waals surface area contributed by atoms with Crippen molar-refractivity contribution in [3.63, 3.8) is 0 Å². The van der Waals surface area contributed by atoms with Gasteiger partial charge in [0.2, 0.25) is 0 Å². The van der Waals surface area contributed by atoms with Crippen LogP contribution in [-0.4, -0.2) is 49.1 Å². The number of ether oxygens (including phenoxy) is 2. The summed E-state index contributed by atoms with van der Waals surface area (Å²) in [5.74, 6) is 1.60. The molecule has 0 aliphatic carbocycles. The van der Waals surface area contributed by atoms with Crippen molar-refractivity contribution in [3.8, 4) is 11.5 Å². The lowest BCUT2D eigenvalue weighted by atomic mass is 10.0. The van der Waals surface area contributed by atoms with Gasteiger partial charge in [0.25, 0.3) is 5.91 Å². The molecule has 1 aliphatic rings. The Bertz CT molecular complexity index is 1070. The molecule has 4 rings (SSSR count). The average molecular weight is 420 g/mol. The number of hydrogen-bond acceptors (Lipinski definition) is 5. The van der Waals surface area contributed by atoms with E-state index in [9.17, 15) is 4.79 Å². The summed E-state index contributed by atoms with van der Waals surface area (Å²) in [5, 5.41) is 4.15. The molecule has 0 radical (unpaired) electrons. The Morgan fingerprint density at radius 1 is 1.06 bits per heavy atom. The van der Waals surface area contributed by atoms with Gasteiger partial charge in [-0.2, -0.15) is 0 Å². The highest BCUT2D eigenvalue weighted by atomic mass is 16.5. The Balaban J connectivity index is 1.36. The van der Waals surface area contributed by atoms with E-state index in [1.165, 1.54) is 5.56 Å². The van der Waals surface area contributed by atoms with Gasteiger partial charge >= 0.3 is 0 Å². The maximum Gasteiger partial charge on any atom is 0.253 e. The van der Waals surface area contributed by atoms with Crippen molar-refractivity contribution in [1.29, 1.82) is 0 Å². The molecule has 0 atom stereocenters. The molecule has 1 aromatic heterocycles. The van der Waals surface area contributed by atoms with Gasteiger partial charge in [-0.1, -0.05) is 12.1 Å². The number of rotatable bonds is 6. The number of benzene rings is 2. The first kappa shape index (κ1) is 21.1. The van der Waals surface area contributed by atoms with Gasteiger partial charge in [-0.25, -0.2) is 0 Å². The van der Waals surface area contributed by atoms with Gasteiger partial charge in [-0.3, -0.25) is 14.7 Å². The first-order valence-electron chi connectivity index (χ1n) is 10.7. The predicted molar refractivity (Wildman–Crippen MR) is 122 cm³/mol. The summed E-state index contributed by atoms with van der Waals surface area (Å²) < 4.78 is 10.6. The van der Waals surface area contributed by atoms with Crippen LogP contribution in [0.25, 0.3) is 10.9 Å². The minimum atomic E-state index is -0.0473. The smallest absolute Gasteiger partial charge is 0.253 e. The maximum atomic E-state index is 12.9. The molecule has 0 saturated carbocycles. The number of hydrogen-bond donors (Lipinski definition) is 1. The number of nitrogens with zero attached hydrogens (tertiary/aromatic N) is 2. The molecule has 1 aliphatic heterocycles. The molecule has 0 unspecified atom stereocenters. The van der Waals surface area contributed by atoms with Gasteiger partial charge in [0.1, 0.15) is 11.5 Å². The Kier molecular flexibility index (Phi) is 6.37. The van der Waals surface area contributed by atoms with Crippen LogP contribution in [0.5, 0.6) is 11.5 Å². The highest BCUT2D eigenvalue weighted by Crippen LogP contribution is 2.22. The second-order valence-corrected chi connectivity index (χ2v) is 8.06. The van der Waals surface area contributed by atoms with Gasteiger partial charge in [0.05, 0.1) is 31.0 Å². The van der Waals surface area contributed by atoms with Crippen LogP contribution < -0.4 is 14.8 Å². The van der Waals surface area contributed by atoms with Crippen LogP contribution in [0.4, 0.5) is 0 Å². The minimum absolute atomic E-state index is 0.0473. The van der Waals surface area contributed by atoms with Crippen molar-refractivity contribution in [3.05, 3.63) is 65.4 Å². The maximum absolute atomic E-state index is 12.9. The molecule has 1 amide bonds. The number of methoxy groups -OCH3 is 2. The fourth-order valence-electron chi connectivity index (χ4n) is 4.13. The fourth-order valence-corrected chi connectivity index (χ4v) is 4.13. The first-order chi connectivity index (χ1) is 15.1. The van der Waals surface area contributed by atoms with Crippen LogP contribution in [0, 0.1) is 6.92 Å². The van der Waals surface area contributed by atoms with E-state index in [4.69, 9.17) is 9.47 Å². The molecule has 162 valence electrons. The van der Waals surface area contributed by atoms with Crippen molar-refractivity contribution in [2.45, 2.75) is 32.4 Å². The zero-order valence-corrected chi connectivity index (χ0v) is 18.4. The number of piperidine rings is 1. The molecule has 0 spiro atoms. The normalized spacial score (nSPS) is 15.1. The standard InChI is InChI=1S/C25H29N3O3/c1-17-23(14-19-7-8-22(31-3)15-24(19)26-17)25(29)27-20-9-11-28(12-10-20)16-18-5-4-6-21(13-18)30-2/h4-8,13-15,20H,9-12,16H2,1-3H3,(H,27,29). The summed E-state index contributed by atoms with van der Waals surface area (Å²) in [5.41, 5.74) is 3.45. The lowest BCUT2D eigenvalue weighted by Gasteiger charge is -2.32. The summed E-state index contributed by atoms with van der Waals surface area (Å²) in [6.07, 6.45) is 1.87.